The number of carboxylic acids is 1. The fourth-order valence-electron chi connectivity index (χ4n) is 2.53. The van der Waals surface area contributed by atoms with Crippen LogP contribution in [0.4, 0.5) is 5.69 Å². The number of aromatic nitrogens is 1. The molecule has 0 radical (unpaired) electrons. The van der Waals surface area contributed by atoms with E-state index in [-0.39, 0.29) is 11.5 Å². The van der Waals surface area contributed by atoms with E-state index in [0.29, 0.717) is 25.1 Å². The van der Waals surface area contributed by atoms with Crippen LogP contribution in [0.5, 0.6) is 0 Å². The van der Waals surface area contributed by atoms with Crippen LogP contribution in [0.1, 0.15) is 21.5 Å². The Morgan fingerprint density at radius 3 is 2.71 bits per heavy atom. The SMILES string of the molecule is O=C(O)c1ccc2c(c1)N(CCc1ccncc1)C(=O)C2. The van der Waals surface area contributed by atoms with Crippen LogP contribution in [-0.2, 0) is 17.6 Å². The summed E-state index contributed by atoms with van der Waals surface area (Å²) in [6.07, 6.45) is 4.49. The number of pyridine rings is 1. The van der Waals surface area contributed by atoms with Crippen LogP contribution in [0.3, 0.4) is 0 Å². The number of hydrogen-bond donors (Lipinski definition) is 1. The predicted molar refractivity (Wildman–Crippen MR) is 77.4 cm³/mol. The molecule has 0 aliphatic carbocycles. The van der Waals surface area contributed by atoms with Crippen LogP contribution in [0.2, 0.25) is 0 Å². The number of carbonyl (C=O) groups is 2. The van der Waals surface area contributed by atoms with E-state index in [2.05, 4.69) is 4.98 Å². The van der Waals surface area contributed by atoms with Crippen molar-refractivity contribution < 1.29 is 14.7 Å². The van der Waals surface area contributed by atoms with Crippen molar-refractivity contribution in [2.45, 2.75) is 12.8 Å². The Kier molecular flexibility index (Phi) is 3.39. The number of rotatable bonds is 4. The molecular weight excluding hydrogens is 268 g/mol. The van der Waals surface area contributed by atoms with Crippen LogP contribution in [0.15, 0.2) is 42.7 Å². The van der Waals surface area contributed by atoms with Gasteiger partial charge in [-0.15, -0.1) is 0 Å². The summed E-state index contributed by atoms with van der Waals surface area (Å²) in [6, 6.07) is 8.67. The molecule has 1 aliphatic heterocycles. The Morgan fingerprint density at radius 1 is 1.24 bits per heavy atom. The molecule has 5 nitrogen and oxygen atoms in total. The first-order valence-electron chi connectivity index (χ1n) is 6.70. The van der Waals surface area contributed by atoms with Gasteiger partial charge in [-0.2, -0.15) is 0 Å². The van der Waals surface area contributed by atoms with Crippen molar-refractivity contribution in [2.24, 2.45) is 0 Å². The van der Waals surface area contributed by atoms with Crippen LogP contribution in [0, 0.1) is 0 Å². The first-order chi connectivity index (χ1) is 10.1. The molecule has 1 aromatic heterocycles. The lowest BCUT2D eigenvalue weighted by atomic mass is 10.1. The number of hydrogen-bond acceptors (Lipinski definition) is 3. The molecule has 5 heteroatoms. The van der Waals surface area contributed by atoms with Gasteiger partial charge in [-0.05, 0) is 41.8 Å². The van der Waals surface area contributed by atoms with Crippen LogP contribution in [0.25, 0.3) is 0 Å². The third-order valence-corrected chi connectivity index (χ3v) is 3.64. The first-order valence-corrected chi connectivity index (χ1v) is 6.70. The molecule has 0 unspecified atom stereocenters. The Morgan fingerprint density at radius 2 is 2.00 bits per heavy atom. The highest BCUT2D eigenvalue weighted by molar-refractivity contribution is 6.03. The fourth-order valence-corrected chi connectivity index (χ4v) is 2.53. The number of aromatic carboxylic acids is 1. The summed E-state index contributed by atoms with van der Waals surface area (Å²) in [5, 5.41) is 9.07. The molecule has 21 heavy (non-hydrogen) atoms. The molecule has 1 aromatic carbocycles. The maximum atomic E-state index is 12.1. The molecular formula is C16H14N2O3. The smallest absolute Gasteiger partial charge is 0.335 e. The molecule has 0 bridgehead atoms. The number of nitrogens with zero attached hydrogens (tertiary/aromatic N) is 2. The van der Waals surface area contributed by atoms with Gasteiger partial charge in [-0.3, -0.25) is 9.78 Å². The van der Waals surface area contributed by atoms with Crippen molar-refractivity contribution in [3.8, 4) is 0 Å². The van der Waals surface area contributed by atoms with Gasteiger partial charge < -0.3 is 10.0 Å². The molecule has 0 saturated carbocycles. The lowest BCUT2D eigenvalue weighted by Gasteiger charge is -2.17. The van der Waals surface area contributed by atoms with Gasteiger partial charge >= 0.3 is 5.97 Å². The third-order valence-electron chi connectivity index (χ3n) is 3.64. The first kappa shape index (κ1) is 13.3. The summed E-state index contributed by atoms with van der Waals surface area (Å²) in [5.74, 6) is -0.965. The van der Waals surface area contributed by atoms with E-state index in [4.69, 9.17) is 5.11 Å². The molecule has 106 valence electrons. The van der Waals surface area contributed by atoms with E-state index in [1.165, 1.54) is 0 Å². The lowest BCUT2D eigenvalue weighted by molar-refractivity contribution is -0.117. The molecule has 1 aliphatic rings. The largest absolute Gasteiger partial charge is 0.478 e. The van der Waals surface area contributed by atoms with Gasteiger partial charge in [0, 0.05) is 24.6 Å². The molecule has 2 heterocycles. The zero-order valence-corrected chi connectivity index (χ0v) is 11.3. The van der Waals surface area contributed by atoms with Crippen molar-refractivity contribution in [1.29, 1.82) is 0 Å². The van der Waals surface area contributed by atoms with Crippen LogP contribution >= 0.6 is 0 Å². The maximum Gasteiger partial charge on any atom is 0.335 e. The summed E-state index contributed by atoms with van der Waals surface area (Å²) < 4.78 is 0. The predicted octanol–water partition coefficient (Wildman–Crippen LogP) is 1.91. The van der Waals surface area contributed by atoms with Crippen molar-refractivity contribution >= 4 is 17.6 Å². The van der Waals surface area contributed by atoms with Crippen LogP contribution in [-0.4, -0.2) is 28.5 Å². The van der Waals surface area contributed by atoms with E-state index in [1.807, 2.05) is 12.1 Å². The minimum absolute atomic E-state index is 0.0154. The lowest BCUT2D eigenvalue weighted by Crippen LogP contribution is -2.29. The minimum atomic E-state index is -0.980. The van der Waals surface area contributed by atoms with Crippen LogP contribution < -0.4 is 4.90 Å². The van der Waals surface area contributed by atoms with E-state index in [1.54, 1.807) is 35.5 Å². The zero-order chi connectivity index (χ0) is 14.8. The molecule has 0 spiro atoms. The van der Waals surface area contributed by atoms with Crippen molar-refractivity contribution in [1.82, 2.24) is 4.98 Å². The molecule has 1 N–H and O–H groups in total. The second-order valence-corrected chi connectivity index (χ2v) is 4.98. The standard InChI is InChI=1S/C16H14N2O3/c19-15-10-12-1-2-13(16(20)21)9-14(12)18(15)8-5-11-3-6-17-7-4-11/h1-4,6-7,9H,5,8,10H2,(H,20,21). The van der Waals surface area contributed by atoms with E-state index in [0.717, 1.165) is 11.1 Å². The highest BCUT2D eigenvalue weighted by Crippen LogP contribution is 2.30. The maximum absolute atomic E-state index is 12.1. The second-order valence-electron chi connectivity index (χ2n) is 4.98. The highest BCUT2D eigenvalue weighted by Gasteiger charge is 2.27. The van der Waals surface area contributed by atoms with E-state index in [9.17, 15) is 9.59 Å². The number of benzene rings is 1. The molecule has 2 aromatic rings. The van der Waals surface area contributed by atoms with Crippen molar-refractivity contribution in [3.05, 3.63) is 59.4 Å². The number of fused-ring (bicyclic) bond motifs is 1. The molecule has 0 saturated heterocycles. The van der Waals surface area contributed by atoms with E-state index >= 15 is 0 Å². The molecule has 0 fully saturated rings. The van der Waals surface area contributed by atoms with Gasteiger partial charge in [0.05, 0.1) is 12.0 Å². The molecule has 0 atom stereocenters. The topological polar surface area (TPSA) is 70.5 Å². The zero-order valence-electron chi connectivity index (χ0n) is 11.3. The Balaban J connectivity index is 1.82. The highest BCUT2D eigenvalue weighted by atomic mass is 16.4. The summed E-state index contributed by atoms with van der Waals surface area (Å²) in [5.41, 5.74) is 2.91. The van der Waals surface area contributed by atoms with Gasteiger partial charge in [-0.25, -0.2) is 4.79 Å². The Bertz CT molecular complexity index is 698. The summed E-state index contributed by atoms with van der Waals surface area (Å²) >= 11 is 0. The number of carboxylic acid groups (broad SMARTS) is 1. The van der Waals surface area contributed by atoms with Gasteiger partial charge in [0.25, 0.3) is 0 Å². The number of anilines is 1. The van der Waals surface area contributed by atoms with Crippen molar-refractivity contribution in [3.63, 3.8) is 0 Å². The normalized spacial score (nSPS) is 13.3. The summed E-state index contributed by atoms with van der Waals surface area (Å²) in [7, 11) is 0. The van der Waals surface area contributed by atoms with Gasteiger partial charge in [0.2, 0.25) is 5.91 Å². The Labute approximate surface area is 121 Å². The number of carbonyl (C=O) groups excluding carboxylic acids is 1. The number of amides is 1. The average molecular weight is 282 g/mol. The quantitative estimate of drug-likeness (QED) is 0.930. The monoisotopic (exact) mass is 282 g/mol. The van der Waals surface area contributed by atoms with Crippen molar-refractivity contribution in [2.75, 3.05) is 11.4 Å². The summed E-state index contributed by atoms with van der Waals surface area (Å²) in [4.78, 5) is 28.8. The summed E-state index contributed by atoms with van der Waals surface area (Å²) in [6.45, 7) is 0.541. The van der Waals surface area contributed by atoms with Gasteiger partial charge in [0.15, 0.2) is 0 Å². The second kappa shape index (κ2) is 5.36. The van der Waals surface area contributed by atoms with Gasteiger partial charge in [-0.1, -0.05) is 6.07 Å². The minimum Gasteiger partial charge on any atom is -0.478 e. The molecule has 3 rings (SSSR count). The van der Waals surface area contributed by atoms with E-state index < -0.39 is 5.97 Å². The Hall–Kier alpha value is -2.69. The third kappa shape index (κ3) is 2.63. The van der Waals surface area contributed by atoms with Gasteiger partial charge in [0.1, 0.15) is 0 Å². The molecule has 1 amide bonds. The average Bonchev–Trinajstić information content (AvgIpc) is 2.80. The fraction of sp³-hybridized carbons (Fsp3) is 0.188.